The van der Waals surface area contributed by atoms with Gasteiger partial charge in [-0.2, -0.15) is 0 Å². The van der Waals surface area contributed by atoms with Crippen molar-refractivity contribution in [2.45, 2.75) is 24.8 Å². The number of benzene rings is 2. The molecule has 2 aromatic rings. The quantitative estimate of drug-likeness (QED) is 0.758. The molecule has 0 atom stereocenters. The summed E-state index contributed by atoms with van der Waals surface area (Å²) in [6.45, 7) is 3.05. The third kappa shape index (κ3) is 4.66. The fourth-order valence-electron chi connectivity index (χ4n) is 2.28. The molecule has 0 aromatic heterocycles. The molecule has 0 amide bonds. The van der Waals surface area contributed by atoms with Gasteiger partial charge in [0, 0.05) is 0 Å². The number of carboxylic acid groups (broad SMARTS) is 1. The van der Waals surface area contributed by atoms with Gasteiger partial charge in [0.05, 0.1) is 23.8 Å². The molecule has 8 heteroatoms. The lowest BCUT2D eigenvalue weighted by Crippen LogP contribution is -2.35. The maximum atomic E-state index is 12.9. The highest BCUT2D eigenvalue weighted by Gasteiger charge is 2.27. The normalized spacial score (nSPS) is 11.2. The predicted molar refractivity (Wildman–Crippen MR) is 97.4 cm³/mol. The van der Waals surface area contributed by atoms with Gasteiger partial charge < -0.3 is 14.6 Å². The van der Waals surface area contributed by atoms with Crippen LogP contribution in [0.25, 0.3) is 0 Å². The number of rotatable bonds is 8. The highest BCUT2D eigenvalue weighted by molar-refractivity contribution is 7.92. The van der Waals surface area contributed by atoms with E-state index in [1.807, 2.05) is 13.8 Å². The highest BCUT2D eigenvalue weighted by Crippen LogP contribution is 2.27. The van der Waals surface area contributed by atoms with E-state index in [-0.39, 0.29) is 16.7 Å². The van der Waals surface area contributed by atoms with E-state index < -0.39 is 22.5 Å². The van der Waals surface area contributed by atoms with Crippen molar-refractivity contribution in [3.8, 4) is 11.5 Å². The lowest BCUT2D eigenvalue weighted by molar-refractivity contribution is -0.135. The summed E-state index contributed by atoms with van der Waals surface area (Å²) in [5.41, 5.74) is 0.235. The van der Waals surface area contributed by atoms with Gasteiger partial charge in [0.15, 0.2) is 0 Å². The molecule has 0 aliphatic rings. The van der Waals surface area contributed by atoms with Crippen molar-refractivity contribution in [1.29, 1.82) is 0 Å². The number of nitrogens with zero attached hydrogens (tertiary/aromatic N) is 1. The number of hydrogen-bond donors (Lipinski definition) is 1. The first-order chi connectivity index (χ1) is 12.2. The standard InChI is InChI=1S/C18H21NO6S/c1-13(2)25-16-6-4-14(5-7-16)19(12-18(20)21)26(22,23)17-10-8-15(24-3)9-11-17/h4-11,13H,12H2,1-3H3,(H,20,21). The fourth-order valence-corrected chi connectivity index (χ4v) is 3.69. The van der Waals surface area contributed by atoms with Crippen LogP contribution in [0.15, 0.2) is 53.4 Å². The zero-order valence-corrected chi connectivity index (χ0v) is 15.6. The topological polar surface area (TPSA) is 93.1 Å². The van der Waals surface area contributed by atoms with Crippen LogP contribution in [0.2, 0.25) is 0 Å². The number of hydrogen-bond acceptors (Lipinski definition) is 5. The van der Waals surface area contributed by atoms with Gasteiger partial charge >= 0.3 is 5.97 Å². The van der Waals surface area contributed by atoms with Crippen LogP contribution < -0.4 is 13.8 Å². The van der Waals surface area contributed by atoms with Gasteiger partial charge in [-0.25, -0.2) is 8.42 Å². The van der Waals surface area contributed by atoms with Crippen molar-refractivity contribution < 1.29 is 27.8 Å². The maximum absolute atomic E-state index is 12.9. The van der Waals surface area contributed by atoms with Gasteiger partial charge in [-0.3, -0.25) is 9.10 Å². The average Bonchev–Trinajstić information content (AvgIpc) is 2.60. The van der Waals surface area contributed by atoms with Crippen LogP contribution in [-0.2, 0) is 14.8 Å². The SMILES string of the molecule is COc1ccc(S(=O)(=O)N(CC(=O)O)c2ccc(OC(C)C)cc2)cc1. The molecule has 0 aliphatic carbocycles. The molecule has 0 fully saturated rings. The fraction of sp³-hybridized carbons (Fsp3) is 0.278. The van der Waals surface area contributed by atoms with Crippen molar-refractivity contribution in [1.82, 2.24) is 0 Å². The van der Waals surface area contributed by atoms with E-state index in [4.69, 9.17) is 14.6 Å². The van der Waals surface area contributed by atoms with Crippen LogP contribution in [-0.4, -0.2) is 39.3 Å². The van der Waals surface area contributed by atoms with E-state index in [1.165, 1.54) is 43.5 Å². The number of carboxylic acids is 1. The minimum atomic E-state index is -4.05. The second-order valence-corrected chi connectivity index (χ2v) is 7.60. The second kappa shape index (κ2) is 8.09. The minimum Gasteiger partial charge on any atom is -0.497 e. The summed E-state index contributed by atoms with van der Waals surface area (Å²) in [6, 6.07) is 12.0. The summed E-state index contributed by atoms with van der Waals surface area (Å²) in [6.07, 6.45) is -0.0287. The molecular weight excluding hydrogens is 358 g/mol. The summed E-state index contributed by atoms with van der Waals surface area (Å²) in [5.74, 6) is -0.186. The zero-order chi connectivity index (χ0) is 19.3. The first kappa shape index (κ1) is 19.6. The van der Waals surface area contributed by atoms with Crippen LogP contribution >= 0.6 is 0 Å². The van der Waals surface area contributed by atoms with Crippen molar-refractivity contribution in [3.05, 3.63) is 48.5 Å². The van der Waals surface area contributed by atoms with Crippen LogP contribution in [0, 0.1) is 0 Å². The van der Waals surface area contributed by atoms with E-state index in [0.717, 1.165) is 4.31 Å². The number of ether oxygens (including phenoxy) is 2. The molecule has 0 unspecified atom stereocenters. The Bertz CT molecular complexity index is 844. The Kier molecular flexibility index (Phi) is 6.10. The Morgan fingerprint density at radius 2 is 1.58 bits per heavy atom. The van der Waals surface area contributed by atoms with E-state index in [1.54, 1.807) is 12.1 Å². The molecule has 140 valence electrons. The van der Waals surface area contributed by atoms with Gasteiger partial charge in [-0.05, 0) is 62.4 Å². The molecule has 0 bridgehead atoms. The number of carbonyl (C=O) groups is 1. The molecule has 2 aromatic carbocycles. The molecule has 0 spiro atoms. The summed E-state index contributed by atoms with van der Waals surface area (Å²) >= 11 is 0. The highest BCUT2D eigenvalue weighted by atomic mass is 32.2. The lowest BCUT2D eigenvalue weighted by atomic mass is 10.3. The summed E-state index contributed by atoms with van der Waals surface area (Å²) in [4.78, 5) is 11.2. The molecule has 0 aliphatic heterocycles. The van der Waals surface area contributed by atoms with Crippen molar-refractivity contribution in [2.75, 3.05) is 18.0 Å². The second-order valence-electron chi connectivity index (χ2n) is 5.74. The van der Waals surface area contributed by atoms with E-state index in [2.05, 4.69) is 0 Å². The molecule has 0 heterocycles. The predicted octanol–water partition coefficient (Wildman–Crippen LogP) is 2.76. The molecule has 0 saturated carbocycles. The summed E-state index contributed by atoms with van der Waals surface area (Å²) in [7, 11) is -2.58. The number of sulfonamides is 1. The number of methoxy groups -OCH3 is 1. The molecule has 7 nitrogen and oxygen atoms in total. The molecule has 0 radical (unpaired) electrons. The first-order valence-corrected chi connectivity index (χ1v) is 9.33. The van der Waals surface area contributed by atoms with Gasteiger partial charge in [0.1, 0.15) is 18.0 Å². The smallest absolute Gasteiger partial charge is 0.324 e. The van der Waals surface area contributed by atoms with Crippen molar-refractivity contribution in [3.63, 3.8) is 0 Å². The van der Waals surface area contributed by atoms with Gasteiger partial charge in [0.25, 0.3) is 10.0 Å². The van der Waals surface area contributed by atoms with Crippen molar-refractivity contribution >= 4 is 21.7 Å². The Labute approximate surface area is 152 Å². The van der Waals surface area contributed by atoms with Gasteiger partial charge in [-0.15, -0.1) is 0 Å². The average molecular weight is 379 g/mol. The van der Waals surface area contributed by atoms with E-state index >= 15 is 0 Å². The van der Waals surface area contributed by atoms with Gasteiger partial charge in [-0.1, -0.05) is 0 Å². The molecule has 0 saturated heterocycles. The molecular formula is C18H21NO6S. The zero-order valence-electron chi connectivity index (χ0n) is 14.7. The Hall–Kier alpha value is -2.74. The molecule has 26 heavy (non-hydrogen) atoms. The molecule has 1 N–H and O–H groups in total. The minimum absolute atomic E-state index is 0.0259. The number of anilines is 1. The summed E-state index contributed by atoms with van der Waals surface area (Å²) < 4.78 is 37.2. The first-order valence-electron chi connectivity index (χ1n) is 7.89. The maximum Gasteiger partial charge on any atom is 0.324 e. The van der Waals surface area contributed by atoms with Crippen LogP contribution in [0.1, 0.15) is 13.8 Å². The van der Waals surface area contributed by atoms with Crippen LogP contribution in [0.4, 0.5) is 5.69 Å². The summed E-state index contributed by atoms with van der Waals surface area (Å²) in [5, 5.41) is 9.16. The van der Waals surface area contributed by atoms with Crippen molar-refractivity contribution in [2.24, 2.45) is 0 Å². The Balaban J connectivity index is 2.40. The lowest BCUT2D eigenvalue weighted by Gasteiger charge is -2.23. The Morgan fingerprint density at radius 3 is 2.04 bits per heavy atom. The van der Waals surface area contributed by atoms with Gasteiger partial charge in [0.2, 0.25) is 0 Å². The monoisotopic (exact) mass is 379 g/mol. The Morgan fingerprint density at radius 1 is 1.04 bits per heavy atom. The van der Waals surface area contributed by atoms with Crippen LogP contribution in [0.5, 0.6) is 11.5 Å². The van der Waals surface area contributed by atoms with E-state index in [9.17, 15) is 13.2 Å². The van der Waals surface area contributed by atoms with Crippen LogP contribution in [0.3, 0.4) is 0 Å². The third-order valence-corrected chi connectivity index (χ3v) is 5.21. The van der Waals surface area contributed by atoms with E-state index in [0.29, 0.717) is 11.5 Å². The number of aliphatic carboxylic acids is 1. The molecule has 2 rings (SSSR count). The third-order valence-electron chi connectivity index (χ3n) is 3.42. The largest absolute Gasteiger partial charge is 0.497 e.